The maximum atomic E-state index is 12.6. The fraction of sp³-hybridized carbons (Fsp3) is 0.400. The van der Waals surface area contributed by atoms with Crippen LogP contribution in [-0.2, 0) is 11.3 Å². The van der Waals surface area contributed by atoms with Crippen molar-refractivity contribution in [1.82, 2.24) is 14.8 Å². The molecule has 0 saturated carbocycles. The van der Waals surface area contributed by atoms with E-state index in [-0.39, 0.29) is 5.91 Å². The summed E-state index contributed by atoms with van der Waals surface area (Å²) in [6, 6.07) is 8.35. The zero-order chi connectivity index (χ0) is 18.5. The molecular weight excluding hydrogens is 410 g/mol. The van der Waals surface area contributed by atoms with Gasteiger partial charge in [-0.3, -0.25) is 14.7 Å². The van der Waals surface area contributed by atoms with E-state index in [2.05, 4.69) is 57.9 Å². The lowest BCUT2D eigenvalue weighted by molar-refractivity contribution is -0.130. The van der Waals surface area contributed by atoms with Crippen LogP contribution in [0.3, 0.4) is 0 Å². The van der Waals surface area contributed by atoms with E-state index >= 15 is 0 Å². The van der Waals surface area contributed by atoms with Gasteiger partial charge in [0.05, 0.1) is 5.75 Å². The molecule has 1 aromatic heterocycles. The van der Waals surface area contributed by atoms with E-state index < -0.39 is 0 Å². The fourth-order valence-corrected chi connectivity index (χ4v) is 4.51. The lowest BCUT2D eigenvalue weighted by atomic mass is 10.2. The number of benzene rings is 1. The monoisotopic (exact) mass is 433 g/mol. The third-order valence-electron chi connectivity index (χ3n) is 4.66. The maximum absolute atomic E-state index is 12.6. The predicted octanol–water partition coefficient (Wildman–Crippen LogP) is 3.90. The van der Waals surface area contributed by atoms with Gasteiger partial charge in [0.25, 0.3) is 0 Å². The summed E-state index contributed by atoms with van der Waals surface area (Å²) in [6.07, 6.45) is 3.71. The Labute approximate surface area is 168 Å². The molecule has 0 radical (unpaired) electrons. The Morgan fingerprint density at radius 1 is 1.19 bits per heavy atom. The minimum Gasteiger partial charge on any atom is -0.339 e. The van der Waals surface area contributed by atoms with Gasteiger partial charge in [0.15, 0.2) is 0 Å². The van der Waals surface area contributed by atoms with E-state index in [4.69, 9.17) is 0 Å². The number of amides is 1. The van der Waals surface area contributed by atoms with Crippen molar-refractivity contribution in [3.05, 3.63) is 57.8 Å². The molecule has 26 heavy (non-hydrogen) atoms. The Morgan fingerprint density at radius 3 is 2.65 bits per heavy atom. The molecule has 2 heterocycles. The van der Waals surface area contributed by atoms with Crippen molar-refractivity contribution >= 4 is 33.6 Å². The second kappa shape index (κ2) is 9.02. The summed E-state index contributed by atoms with van der Waals surface area (Å²) in [5.41, 5.74) is 3.64. The minimum atomic E-state index is 0.232. The molecule has 0 aliphatic carbocycles. The topological polar surface area (TPSA) is 36.4 Å². The van der Waals surface area contributed by atoms with Gasteiger partial charge >= 0.3 is 0 Å². The Bertz CT molecular complexity index is 761. The fourth-order valence-electron chi connectivity index (χ4n) is 3.05. The highest BCUT2D eigenvalue weighted by Gasteiger charge is 2.21. The van der Waals surface area contributed by atoms with Crippen molar-refractivity contribution in [2.75, 3.05) is 31.9 Å². The van der Waals surface area contributed by atoms with Crippen LogP contribution in [0.4, 0.5) is 0 Å². The van der Waals surface area contributed by atoms with Crippen LogP contribution in [0.5, 0.6) is 0 Å². The molecule has 0 N–H and O–H groups in total. The van der Waals surface area contributed by atoms with Gasteiger partial charge in [-0.2, -0.15) is 0 Å². The van der Waals surface area contributed by atoms with Gasteiger partial charge in [0.1, 0.15) is 0 Å². The van der Waals surface area contributed by atoms with E-state index in [1.54, 1.807) is 18.0 Å². The van der Waals surface area contributed by atoms with Crippen LogP contribution in [0.25, 0.3) is 0 Å². The van der Waals surface area contributed by atoms with Crippen LogP contribution in [0.2, 0.25) is 0 Å². The normalized spacial score (nSPS) is 15.3. The van der Waals surface area contributed by atoms with E-state index in [1.807, 2.05) is 17.2 Å². The smallest absolute Gasteiger partial charge is 0.233 e. The zero-order valence-electron chi connectivity index (χ0n) is 15.2. The van der Waals surface area contributed by atoms with Gasteiger partial charge in [-0.25, -0.2) is 0 Å². The van der Waals surface area contributed by atoms with Crippen molar-refractivity contribution in [2.24, 2.45) is 0 Å². The molecule has 0 bridgehead atoms. The second-order valence-corrected chi connectivity index (χ2v) is 8.55. The van der Waals surface area contributed by atoms with Crippen LogP contribution in [0.15, 0.2) is 46.0 Å². The molecular formula is C20H24BrN3OS. The number of carbonyl (C=O) groups is 1. The van der Waals surface area contributed by atoms with E-state index in [0.717, 1.165) is 37.2 Å². The minimum absolute atomic E-state index is 0.232. The summed E-state index contributed by atoms with van der Waals surface area (Å²) in [6.45, 7) is 8.52. The zero-order valence-corrected chi connectivity index (χ0v) is 17.6. The number of pyridine rings is 1. The highest BCUT2D eigenvalue weighted by molar-refractivity contribution is 9.10. The molecule has 0 unspecified atom stereocenters. The number of aryl methyl sites for hydroxylation is 2. The number of piperazine rings is 1. The summed E-state index contributed by atoms with van der Waals surface area (Å²) in [7, 11) is 0. The third-order valence-corrected chi connectivity index (χ3v) is 6.66. The molecule has 138 valence electrons. The number of nitrogens with zero attached hydrogens (tertiary/aromatic N) is 3. The molecule has 1 aromatic carbocycles. The van der Waals surface area contributed by atoms with Crippen molar-refractivity contribution in [2.45, 2.75) is 25.3 Å². The number of halogens is 1. The average molecular weight is 434 g/mol. The SMILES string of the molecule is Cc1cc(SCC(=O)N2CCN(Cc3cccnc3)CC2)c(C)cc1Br. The predicted molar refractivity (Wildman–Crippen MR) is 110 cm³/mol. The van der Waals surface area contributed by atoms with Crippen molar-refractivity contribution < 1.29 is 4.79 Å². The number of rotatable bonds is 5. The molecule has 4 nitrogen and oxygen atoms in total. The molecule has 1 aliphatic rings. The first-order valence-corrected chi connectivity index (χ1v) is 10.6. The van der Waals surface area contributed by atoms with Crippen LogP contribution in [0.1, 0.15) is 16.7 Å². The quantitative estimate of drug-likeness (QED) is 0.669. The molecule has 1 saturated heterocycles. The largest absolute Gasteiger partial charge is 0.339 e. The molecule has 3 rings (SSSR count). The van der Waals surface area contributed by atoms with E-state index in [0.29, 0.717) is 5.75 Å². The van der Waals surface area contributed by atoms with Gasteiger partial charge in [0, 0.05) is 54.5 Å². The summed E-state index contributed by atoms with van der Waals surface area (Å²) in [5.74, 6) is 0.737. The Kier molecular flexibility index (Phi) is 6.73. The van der Waals surface area contributed by atoms with Crippen molar-refractivity contribution in [1.29, 1.82) is 0 Å². The van der Waals surface area contributed by atoms with E-state index in [1.165, 1.54) is 21.6 Å². The molecule has 1 amide bonds. The molecule has 6 heteroatoms. The first-order valence-electron chi connectivity index (χ1n) is 8.81. The highest BCUT2D eigenvalue weighted by atomic mass is 79.9. The number of aromatic nitrogens is 1. The van der Waals surface area contributed by atoms with Crippen LogP contribution < -0.4 is 0 Å². The summed E-state index contributed by atoms with van der Waals surface area (Å²) in [5, 5.41) is 0. The van der Waals surface area contributed by atoms with Gasteiger partial charge in [0.2, 0.25) is 5.91 Å². The summed E-state index contributed by atoms with van der Waals surface area (Å²) < 4.78 is 1.12. The van der Waals surface area contributed by atoms with Gasteiger partial charge < -0.3 is 4.90 Å². The van der Waals surface area contributed by atoms with Crippen LogP contribution >= 0.6 is 27.7 Å². The molecule has 1 aliphatic heterocycles. The Hall–Kier alpha value is -1.37. The lowest BCUT2D eigenvalue weighted by Crippen LogP contribution is -2.48. The van der Waals surface area contributed by atoms with Crippen LogP contribution in [0, 0.1) is 13.8 Å². The molecule has 0 spiro atoms. The first-order chi connectivity index (χ1) is 12.5. The number of hydrogen-bond donors (Lipinski definition) is 0. The molecule has 0 atom stereocenters. The summed E-state index contributed by atoms with van der Waals surface area (Å²) in [4.78, 5) is 22.3. The van der Waals surface area contributed by atoms with Crippen molar-refractivity contribution in [3.8, 4) is 0 Å². The standard InChI is InChI=1S/C20H24BrN3OS/c1-15-11-19(16(2)10-18(15)21)26-14-20(25)24-8-6-23(7-9-24)13-17-4-3-5-22-12-17/h3-5,10-12H,6-9,13-14H2,1-2H3. The van der Waals surface area contributed by atoms with Crippen molar-refractivity contribution in [3.63, 3.8) is 0 Å². The number of hydrogen-bond acceptors (Lipinski definition) is 4. The Balaban J connectivity index is 1.47. The number of carbonyl (C=O) groups excluding carboxylic acids is 1. The van der Waals surface area contributed by atoms with Crippen LogP contribution in [-0.4, -0.2) is 52.6 Å². The number of thioether (sulfide) groups is 1. The second-order valence-electron chi connectivity index (χ2n) is 6.67. The maximum Gasteiger partial charge on any atom is 0.233 e. The molecule has 2 aromatic rings. The first kappa shape index (κ1) is 19.4. The van der Waals surface area contributed by atoms with Gasteiger partial charge in [-0.1, -0.05) is 22.0 Å². The summed E-state index contributed by atoms with van der Waals surface area (Å²) >= 11 is 5.20. The molecule has 1 fully saturated rings. The van der Waals surface area contributed by atoms with E-state index in [9.17, 15) is 4.79 Å². The van der Waals surface area contributed by atoms with Gasteiger partial charge in [-0.05, 0) is 48.7 Å². The average Bonchev–Trinajstić information content (AvgIpc) is 2.65. The Morgan fingerprint density at radius 2 is 1.96 bits per heavy atom. The third kappa shape index (κ3) is 5.09. The highest BCUT2D eigenvalue weighted by Crippen LogP contribution is 2.28. The van der Waals surface area contributed by atoms with Gasteiger partial charge in [-0.15, -0.1) is 11.8 Å². The lowest BCUT2D eigenvalue weighted by Gasteiger charge is -2.34.